The first-order valence-electron chi connectivity index (χ1n) is 5.70. The summed E-state index contributed by atoms with van der Waals surface area (Å²) in [7, 11) is 0. The van der Waals surface area contributed by atoms with E-state index in [0.717, 1.165) is 5.56 Å². The first-order chi connectivity index (χ1) is 9.20. The number of nitrogens with one attached hydrogen (secondary N) is 1. The van der Waals surface area contributed by atoms with E-state index in [1.54, 1.807) is 6.92 Å². The molecule has 2 aromatic rings. The smallest absolute Gasteiger partial charge is 0.397 e. The molecule has 1 N–H and O–H groups in total. The van der Waals surface area contributed by atoms with Crippen LogP contribution in [0.4, 0.5) is 5.88 Å². The Kier molecular flexibility index (Phi) is 3.92. The molecular formula is C13H12N2O4. The van der Waals surface area contributed by atoms with Crippen molar-refractivity contribution >= 4 is 17.8 Å². The van der Waals surface area contributed by atoms with Gasteiger partial charge >= 0.3 is 11.9 Å². The van der Waals surface area contributed by atoms with Gasteiger partial charge in [0.15, 0.2) is 0 Å². The number of anilines is 1. The number of nitrogens with zero attached hydrogens (tertiary/aromatic N) is 1. The summed E-state index contributed by atoms with van der Waals surface area (Å²) in [6.45, 7) is 1.76. The van der Waals surface area contributed by atoms with Gasteiger partial charge in [0.05, 0.1) is 12.8 Å². The minimum atomic E-state index is -0.958. The van der Waals surface area contributed by atoms with Gasteiger partial charge in [-0.05, 0) is 19.1 Å². The minimum Gasteiger partial charge on any atom is -0.459 e. The third-order valence-corrected chi connectivity index (χ3v) is 2.22. The van der Waals surface area contributed by atoms with Gasteiger partial charge in [-0.25, -0.2) is 9.78 Å². The van der Waals surface area contributed by atoms with Crippen LogP contribution in [0, 0.1) is 0 Å². The Morgan fingerprint density at radius 2 is 2.05 bits per heavy atom. The normalized spacial score (nSPS) is 9.95. The monoisotopic (exact) mass is 260 g/mol. The molecule has 1 heterocycles. The van der Waals surface area contributed by atoms with Crippen LogP contribution in [-0.2, 0) is 14.3 Å². The molecule has 6 heteroatoms. The van der Waals surface area contributed by atoms with Crippen LogP contribution in [-0.4, -0.2) is 23.5 Å². The van der Waals surface area contributed by atoms with Gasteiger partial charge in [-0.15, -0.1) is 0 Å². The van der Waals surface area contributed by atoms with Crippen LogP contribution in [0.2, 0.25) is 0 Å². The third kappa shape index (κ3) is 3.19. The second-order valence-electron chi connectivity index (χ2n) is 3.57. The number of aromatic nitrogens is 1. The van der Waals surface area contributed by atoms with Gasteiger partial charge in [-0.1, -0.05) is 18.2 Å². The number of esters is 1. The van der Waals surface area contributed by atoms with Crippen molar-refractivity contribution in [2.75, 3.05) is 11.9 Å². The van der Waals surface area contributed by atoms with E-state index in [2.05, 4.69) is 15.0 Å². The molecule has 0 atom stereocenters. The van der Waals surface area contributed by atoms with Crippen LogP contribution in [0.1, 0.15) is 6.92 Å². The van der Waals surface area contributed by atoms with E-state index < -0.39 is 11.9 Å². The van der Waals surface area contributed by atoms with Gasteiger partial charge in [-0.3, -0.25) is 10.1 Å². The topological polar surface area (TPSA) is 81.4 Å². The van der Waals surface area contributed by atoms with Crippen molar-refractivity contribution in [2.24, 2.45) is 0 Å². The average molecular weight is 260 g/mol. The second-order valence-corrected chi connectivity index (χ2v) is 3.57. The number of hydrogen-bond acceptors (Lipinski definition) is 5. The van der Waals surface area contributed by atoms with E-state index in [1.165, 1.54) is 6.20 Å². The van der Waals surface area contributed by atoms with Crippen LogP contribution >= 0.6 is 0 Å². The molecule has 19 heavy (non-hydrogen) atoms. The molecule has 1 amide bonds. The van der Waals surface area contributed by atoms with E-state index in [9.17, 15) is 9.59 Å². The van der Waals surface area contributed by atoms with E-state index in [0.29, 0.717) is 5.89 Å². The van der Waals surface area contributed by atoms with Crippen molar-refractivity contribution in [1.82, 2.24) is 4.98 Å². The zero-order chi connectivity index (χ0) is 13.7. The van der Waals surface area contributed by atoms with E-state index >= 15 is 0 Å². The highest BCUT2D eigenvalue weighted by molar-refractivity contribution is 6.37. The summed E-state index contributed by atoms with van der Waals surface area (Å²) in [5.41, 5.74) is 0.777. The van der Waals surface area contributed by atoms with Gasteiger partial charge in [0.2, 0.25) is 11.8 Å². The summed E-state index contributed by atoms with van der Waals surface area (Å²) in [4.78, 5) is 26.5. The van der Waals surface area contributed by atoms with Crippen molar-refractivity contribution in [1.29, 1.82) is 0 Å². The van der Waals surface area contributed by atoms with Crippen LogP contribution in [0.25, 0.3) is 11.5 Å². The largest absolute Gasteiger partial charge is 0.459 e. The number of oxazole rings is 1. The van der Waals surface area contributed by atoms with Crippen molar-refractivity contribution in [3.8, 4) is 11.5 Å². The zero-order valence-electron chi connectivity index (χ0n) is 10.3. The lowest BCUT2D eigenvalue weighted by atomic mass is 10.2. The highest BCUT2D eigenvalue weighted by atomic mass is 16.5. The lowest BCUT2D eigenvalue weighted by Crippen LogP contribution is -2.24. The lowest BCUT2D eigenvalue weighted by Gasteiger charge is -2.00. The minimum absolute atomic E-state index is 0.0944. The number of carbonyl (C=O) groups excluding carboxylic acids is 2. The van der Waals surface area contributed by atoms with Gasteiger partial charge in [0, 0.05) is 5.56 Å². The Morgan fingerprint density at radius 1 is 1.32 bits per heavy atom. The molecule has 0 unspecified atom stereocenters. The van der Waals surface area contributed by atoms with Crippen LogP contribution in [0.3, 0.4) is 0 Å². The molecule has 6 nitrogen and oxygen atoms in total. The predicted molar refractivity (Wildman–Crippen MR) is 67.2 cm³/mol. The number of rotatable bonds is 3. The molecule has 0 aliphatic rings. The molecule has 0 fully saturated rings. The first kappa shape index (κ1) is 12.8. The highest BCUT2D eigenvalue weighted by Gasteiger charge is 2.17. The van der Waals surface area contributed by atoms with Gasteiger partial charge in [0.25, 0.3) is 0 Å². The van der Waals surface area contributed by atoms with Crippen LogP contribution in [0.15, 0.2) is 40.9 Å². The highest BCUT2D eigenvalue weighted by Crippen LogP contribution is 2.21. The Labute approximate surface area is 109 Å². The Balaban J connectivity index is 2.06. The lowest BCUT2D eigenvalue weighted by molar-refractivity contribution is -0.152. The fraction of sp³-hybridized carbons (Fsp3) is 0.154. The van der Waals surface area contributed by atoms with Crippen LogP contribution < -0.4 is 5.32 Å². The molecule has 0 saturated heterocycles. The summed E-state index contributed by atoms with van der Waals surface area (Å²) >= 11 is 0. The number of amides is 1. The van der Waals surface area contributed by atoms with E-state index in [-0.39, 0.29) is 12.5 Å². The molecule has 1 aromatic heterocycles. The van der Waals surface area contributed by atoms with Gasteiger partial charge < -0.3 is 9.15 Å². The molecule has 1 aromatic carbocycles. The standard InChI is InChI=1S/C13H12N2O4/c1-2-18-13(17)11(16)15-10-8-14-12(19-10)9-6-4-3-5-7-9/h3-8H,2H2,1H3,(H,15,16). The number of carbonyl (C=O) groups is 2. The fourth-order valence-electron chi connectivity index (χ4n) is 1.41. The molecule has 0 spiro atoms. The summed E-state index contributed by atoms with van der Waals surface area (Å²) < 4.78 is 9.87. The van der Waals surface area contributed by atoms with Gasteiger partial charge in [-0.2, -0.15) is 0 Å². The number of hydrogen-bond donors (Lipinski definition) is 1. The van der Waals surface area contributed by atoms with Crippen molar-refractivity contribution in [3.63, 3.8) is 0 Å². The molecule has 0 aliphatic carbocycles. The Bertz CT molecular complexity index is 577. The maximum atomic E-state index is 11.4. The quantitative estimate of drug-likeness (QED) is 0.672. The molecule has 0 saturated carbocycles. The molecule has 98 valence electrons. The van der Waals surface area contributed by atoms with Gasteiger partial charge in [0.1, 0.15) is 0 Å². The third-order valence-electron chi connectivity index (χ3n) is 2.22. The van der Waals surface area contributed by atoms with E-state index in [1.807, 2.05) is 30.3 Å². The summed E-state index contributed by atoms with van der Waals surface area (Å²) in [5.74, 6) is -1.39. The SMILES string of the molecule is CCOC(=O)C(=O)Nc1cnc(-c2ccccc2)o1. The first-order valence-corrected chi connectivity index (χ1v) is 5.70. The molecule has 0 aliphatic heterocycles. The predicted octanol–water partition coefficient (Wildman–Crippen LogP) is 1.84. The molecule has 0 bridgehead atoms. The average Bonchev–Trinajstić information content (AvgIpc) is 2.88. The Hall–Kier alpha value is -2.63. The molecular weight excluding hydrogens is 248 g/mol. The summed E-state index contributed by atoms with van der Waals surface area (Å²) in [5, 5.41) is 2.27. The maximum Gasteiger partial charge on any atom is 0.397 e. The second kappa shape index (κ2) is 5.81. The summed E-state index contributed by atoms with van der Waals surface area (Å²) in [6.07, 6.45) is 1.33. The van der Waals surface area contributed by atoms with E-state index in [4.69, 9.17) is 4.42 Å². The van der Waals surface area contributed by atoms with Crippen molar-refractivity contribution in [3.05, 3.63) is 36.5 Å². The molecule has 0 radical (unpaired) electrons. The maximum absolute atomic E-state index is 11.4. The number of benzene rings is 1. The van der Waals surface area contributed by atoms with Crippen molar-refractivity contribution in [2.45, 2.75) is 6.92 Å². The Morgan fingerprint density at radius 3 is 2.74 bits per heavy atom. The fourth-order valence-corrected chi connectivity index (χ4v) is 1.41. The van der Waals surface area contributed by atoms with Crippen LogP contribution in [0.5, 0.6) is 0 Å². The van der Waals surface area contributed by atoms with Crippen molar-refractivity contribution < 1.29 is 18.7 Å². The number of ether oxygens (including phenoxy) is 1. The summed E-state index contributed by atoms with van der Waals surface area (Å²) in [6, 6.07) is 9.20. The molecule has 2 rings (SSSR count). The zero-order valence-corrected chi connectivity index (χ0v) is 10.3.